The highest BCUT2D eigenvalue weighted by Gasteiger charge is 2.35. The fourth-order valence-electron chi connectivity index (χ4n) is 2.07. The van der Waals surface area contributed by atoms with Gasteiger partial charge in [-0.15, -0.1) is 0 Å². The van der Waals surface area contributed by atoms with Crippen molar-refractivity contribution in [3.8, 4) is 0 Å². The predicted octanol–water partition coefficient (Wildman–Crippen LogP) is -0.650. The van der Waals surface area contributed by atoms with Gasteiger partial charge in [0.2, 0.25) is 5.91 Å². The third-order valence-electron chi connectivity index (χ3n) is 3.11. The fourth-order valence-corrected chi connectivity index (χ4v) is 2.07. The zero-order valence-electron chi connectivity index (χ0n) is 11.8. The minimum atomic E-state index is -1.10. The molecule has 0 aromatic carbocycles. The molecule has 8 heteroatoms. The number of methoxy groups -OCH3 is 1. The Kier molecular flexibility index (Phi) is 6.23. The van der Waals surface area contributed by atoms with Crippen molar-refractivity contribution in [2.45, 2.75) is 18.9 Å². The molecule has 0 radical (unpaired) electrons. The van der Waals surface area contributed by atoms with E-state index in [1.807, 2.05) is 0 Å². The van der Waals surface area contributed by atoms with E-state index in [0.717, 1.165) is 0 Å². The first-order chi connectivity index (χ1) is 9.47. The molecular weight excluding hydrogens is 266 g/mol. The molecule has 1 fully saturated rings. The zero-order valence-corrected chi connectivity index (χ0v) is 11.8. The van der Waals surface area contributed by atoms with E-state index in [-0.39, 0.29) is 12.5 Å². The van der Waals surface area contributed by atoms with Crippen molar-refractivity contribution in [3.05, 3.63) is 0 Å². The molecule has 0 saturated carbocycles. The first-order valence-corrected chi connectivity index (χ1v) is 6.47. The summed E-state index contributed by atoms with van der Waals surface area (Å²) in [5.41, 5.74) is 0. The summed E-state index contributed by atoms with van der Waals surface area (Å²) >= 11 is 0. The number of amides is 3. The number of hydrogen-bond acceptors (Lipinski definition) is 4. The summed E-state index contributed by atoms with van der Waals surface area (Å²) in [7, 11) is 3.21. The van der Waals surface area contributed by atoms with Crippen molar-refractivity contribution >= 4 is 17.9 Å². The first-order valence-electron chi connectivity index (χ1n) is 6.47. The van der Waals surface area contributed by atoms with E-state index in [0.29, 0.717) is 32.7 Å². The number of carbonyl (C=O) groups is 3. The van der Waals surface area contributed by atoms with Gasteiger partial charge < -0.3 is 25.0 Å². The molecule has 1 aliphatic heterocycles. The maximum atomic E-state index is 12.3. The molecule has 20 heavy (non-hydrogen) atoms. The lowest BCUT2D eigenvalue weighted by molar-refractivity contribution is -0.142. The molecule has 8 nitrogen and oxygen atoms in total. The minimum Gasteiger partial charge on any atom is -0.481 e. The Balaban J connectivity index is 2.66. The topological polar surface area (TPSA) is 99.2 Å². The number of carbonyl (C=O) groups excluding carboxylic acids is 2. The Hall–Kier alpha value is -1.83. The highest BCUT2D eigenvalue weighted by atomic mass is 16.5. The fraction of sp³-hybridized carbons (Fsp3) is 0.750. The molecule has 1 saturated heterocycles. The van der Waals surface area contributed by atoms with Crippen LogP contribution in [0.15, 0.2) is 0 Å². The van der Waals surface area contributed by atoms with Gasteiger partial charge in [0, 0.05) is 40.4 Å². The van der Waals surface area contributed by atoms with Gasteiger partial charge >= 0.3 is 12.0 Å². The maximum Gasteiger partial charge on any atom is 0.320 e. The lowest BCUT2D eigenvalue weighted by Crippen LogP contribution is -2.60. The van der Waals surface area contributed by atoms with Crippen LogP contribution in [-0.2, 0) is 14.3 Å². The second-order valence-electron chi connectivity index (χ2n) is 4.65. The summed E-state index contributed by atoms with van der Waals surface area (Å²) in [6.45, 7) is 1.69. The monoisotopic (exact) mass is 287 g/mol. The second-order valence-corrected chi connectivity index (χ2v) is 4.65. The third-order valence-corrected chi connectivity index (χ3v) is 3.11. The number of piperazine rings is 1. The van der Waals surface area contributed by atoms with Gasteiger partial charge in [-0.2, -0.15) is 0 Å². The normalized spacial score (nSPS) is 18.6. The average molecular weight is 287 g/mol. The minimum absolute atomic E-state index is 0.317. The van der Waals surface area contributed by atoms with E-state index in [1.165, 1.54) is 9.80 Å². The molecule has 0 bridgehead atoms. The number of carboxylic acids is 1. The molecular formula is C12H21N3O5. The van der Waals surface area contributed by atoms with Crippen LogP contribution in [0.25, 0.3) is 0 Å². The molecule has 1 rings (SSSR count). The van der Waals surface area contributed by atoms with E-state index >= 15 is 0 Å². The van der Waals surface area contributed by atoms with Crippen LogP contribution in [0.4, 0.5) is 4.79 Å². The number of aliphatic carboxylic acids is 1. The van der Waals surface area contributed by atoms with E-state index in [4.69, 9.17) is 9.84 Å². The standard InChI is InChI=1S/C12H21N3O5/c1-14(5-3-7-20-2)12(19)15-6-4-13-11(18)9(15)8-10(16)17/h9H,3-8H2,1-2H3,(H,13,18)(H,16,17). The van der Waals surface area contributed by atoms with E-state index in [1.54, 1.807) is 14.2 Å². The van der Waals surface area contributed by atoms with Crippen LogP contribution in [0, 0.1) is 0 Å². The lowest BCUT2D eigenvalue weighted by Gasteiger charge is -2.36. The Morgan fingerprint density at radius 3 is 2.85 bits per heavy atom. The number of carboxylic acid groups (broad SMARTS) is 1. The van der Waals surface area contributed by atoms with Crippen LogP contribution >= 0.6 is 0 Å². The molecule has 0 aromatic rings. The molecule has 2 N–H and O–H groups in total. The van der Waals surface area contributed by atoms with Gasteiger partial charge in [0.1, 0.15) is 6.04 Å². The van der Waals surface area contributed by atoms with Crippen LogP contribution in [0.1, 0.15) is 12.8 Å². The van der Waals surface area contributed by atoms with Gasteiger partial charge in [-0.3, -0.25) is 9.59 Å². The summed E-state index contributed by atoms with van der Waals surface area (Å²) in [4.78, 5) is 37.6. The summed E-state index contributed by atoms with van der Waals surface area (Å²) in [6, 6.07) is -1.28. The van der Waals surface area contributed by atoms with Gasteiger partial charge in [0.15, 0.2) is 0 Å². The number of hydrogen-bond donors (Lipinski definition) is 2. The van der Waals surface area contributed by atoms with E-state index in [2.05, 4.69) is 5.32 Å². The van der Waals surface area contributed by atoms with Crippen LogP contribution < -0.4 is 5.32 Å². The SMILES string of the molecule is COCCCN(C)C(=O)N1CCNC(=O)C1CC(=O)O. The molecule has 1 atom stereocenters. The largest absolute Gasteiger partial charge is 0.481 e. The number of ether oxygens (including phenoxy) is 1. The van der Waals surface area contributed by atoms with Gasteiger partial charge in [0.05, 0.1) is 6.42 Å². The Morgan fingerprint density at radius 2 is 2.25 bits per heavy atom. The second kappa shape index (κ2) is 7.68. The Bertz CT molecular complexity index is 374. The molecule has 3 amide bonds. The summed E-state index contributed by atoms with van der Waals surface area (Å²) < 4.78 is 4.91. The number of nitrogens with zero attached hydrogens (tertiary/aromatic N) is 2. The van der Waals surface area contributed by atoms with Crippen LogP contribution in [0.5, 0.6) is 0 Å². The van der Waals surface area contributed by atoms with Crippen LogP contribution in [0.3, 0.4) is 0 Å². The summed E-state index contributed by atoms with van der Waals surface area (Å²) in [5, 5.41) is 11.4. The highest BCUT2D eigenvalue weighted by molar-refractivity contribution is 5.91. The number of urea groups is 1. The van der Waals surface area contributed by atoms with Gasteiger partial charge in [-0.1, -0.05) is 0 Å². The van der Waals surface area contributed by atoms with Gasteiger partial charge in [-0.05, 0) is 6.42 Å². The Labute approximate surface area is 117 Å². The maximum absolute atomic E-state index is 12.3. The highest BCUT2D eigenvalue weighted by Crippen LogP contribution is 2.11. The average Bonchev–Trinajstić information content (AvgIpc) is 2.40. The molecule has 114 valence electrons. The first kappa shape index (κ1) is 16.2. The van der Waals surface area contributed by atoms with E-state index in [9.17, 15) is 14.4 Å². The van der Waals surface area contributed by atoms with Crippen molar-refractivity contribution < 1.29 is 24.2 Å². The third kappa shape index (κ3) is 4.37. The smallest absolute Gasteiger partial charge is 0.320 e. The molecule has 0 aliphatic carbocycles. The van der Waals surface area contributed by atoms with Crippen molar-refractivity contribution in [3.63, 3.8) is 0 Å². The number of nitrogens with one attached hydrogen (secondary N) is 1. The van der Waals surface area contributed by atoms with Gasteiger partial charge in [0.25, 0.3) is 0 Å². The van der Waals surface area contributed by atoms with Crippen molar-refractivity contribution in [1.82, 2.24) is 15.1 Å². The van der Waals surface area contributed by atoms with Crippen molar-refractivity contribution in [1.29, 1.82) is 0 Å². The molecule has 0 aromatic heterocycles. The van der Waals surface area contributed by atoms with Crippen molar-refractivity contribution in [2.24, 2.45) is 0 Å². The summed E-state index contributed by atoms with van der Waals surface area (Å²) in [6.07, 6.45) is 0.297. The van der Waals surface area contributed by atoms with Crippen LogP contribution in [0.2, 0.25) is 0 Å². The lowest BCUT2D eigenvalue weighted by atomic mass is 10.1. The quantitative estimate of drug-likeness (QED) is 0.632. The zero-order chi connectivity index (χ0) is 15.1. The van der Waals surface area contributed by atoms with Crippen LogP contribution in [-0.4, -0.2) is 79.3 Å². The summed E-state index contributed by atoms with van der Waals surface area (Å²) in [5.74, 6) is -1.52. The molecule has 0 spiro atoms. The van der Waals surface area contributed by atoms with Gasteiger partial charge in [-0.25, -0.2) is 4.79 Å². The van der Waals surface area contributed by atoms with Crippen molar-refractivity contribution in [2.75, 3.05) is 40.4 Å². The molecule has 1 heterocycles. The number of rotatable bonds is 6. The Morgan fingerprint density at radius 1 is 1.55 bits per heavy atom. The molecule has 1 unspecified atom stereocenters. The van der Waals surface area contributed by atoms with E-state index < -0.39 is 17.9 Å². The predicted molar refractivity (Wildman–Crippen MR) is 70.3 cm³/mol. The molecule has 1 aliphatic rings.